The Labute approximate surface area is 152 Å². The Kier molecular flexibility index (Phi) is 5.04. The minimum Gasteiger partial charge on any atom is -0.457 e. The first kappa shape index (κ1) is 17.7. The summed E-state index contributed by atoms with van der Waals surface area (Å²) in [5.41, 5.74) is 0.859. The smallest absolute Gasteiger partial charge is 0.255 e. The van der Waals surface area contributed by atoms with E-state index >= 15 is 0 Å². The number of para-hydroxylation sites is 1. The van der Waals surface area contributed by atoms with Gasteiger partial charge in [0.1, 0.15) is 11.5 Å². The first-order valence-electron chi connectivity index (χ1n) is 7.86. The summed E-state index contributed by atoms with van der Waals surface area (Å²) < 4.78 is 28.9. The number of sulfone groups is 1. The molecule has 0 saturated carbocycles. The molecular formula is C20H17NO4S. The lowest BCUT2D eigenvalue weighted by Crippen LogP contribution is -2.12. The third kappa shape index (κ3) is 4.49. The van der Waals surface area contributed by atoms with Crippen LogP contribution in [0.25, 0.3) is 0 Å². The molecule has 132 valence electrons. The average molecular weight is 367 g/mol. The predicted octanol–water partition coefficient (Wildman–Crippen LogP) is 4.13. The van der Waals surface area contributed by atoms with Crippen molar-refractivity contribution in [3.8, 4) is 11.5 Å². The molecule has 0 aliphatic heterocycles. The molecule has 0 radical (unpaired) electrons. The molecule has 3 rings (SSSR count). The number of amides is 1. The number of nitrogens with one attached hydrogen (secondary N) is 1. The highest BCUT2D eigenvalue weighted by atomic mass is 32.2. The van der Waals surface area contributed by atoms with Gasteiger partial charge >= 0.3 is 0 Å². The lowest BCUT2D eigenvalue weighted by atomic mass is 10.2. The molecule has 3 aromatic carbocycles. The lowest BCUT2D eigenvalue weighted by molar-refractivity contribution is 0.102. The molecular weight excluding hydrogens is 350 g/mol. The maximum atomic E-state index is 12.3. The van der Waals surface area contributed by atoms with Crippen molar-refractivity contribution >= 4 is 21.4 Å². The maximum absolute atomic E-state index is 12.3. The van der Waals surface area contributed by atoms with E-state index in [4.69, 9.17) is 4.74 Å². The third-order valence-corrected chi connectivity index (χ3v) is 4.73. The molecule has 0 saturated heterocycles. The van der Waals surface area contributed by atoms with E-state index < -0.39 is 9.84 Å². The molecule has 26 heavy (non-hydrogen) atoms. The van der Waals surface area contributed by atoms with E-state index in [1.54, 1.807) is 36.4 Å². The minimum absolute atomic E-state index is 0.155. The van der Waals surface area contributed by atoms with Crippen LogP contribution in [0.1, 0.15) is 10.4 Å². The number of benzene rings is 3. The van der Waals surface area contributed by atoms with Crippen molar-refractivity contribution in [3.05, 3.63) is 84.4 Å². The van der Waals surface area contributed by atoms with Crippen molar-refractivity contribution in [2.24, 2.45) is 0 Å². The molecule has 0 fully saturated rings. The zero-order valence-electron chi connectivity index (χ0n) is 14.0. The van der Waals surface area contributed by atoms with Gasteiger partial charge in [-0.05, 0) is 54.6 Å². The van der Waals surface area contributed by atoms with E-state index in [-0.39, 0.29) is 10.8 Å². The van der Waals surface area contributed by atoms with Crippen LogP contribution in [0.2, 0.25) is 0 Å². The van der Waals surface area contributed by atoms with Gasteiger partial charge in [0.15, 0.2) is 9.84 Å². The fourth-order valence-electron chi connectivity index (χ4n) is 2.31. The first-order chi connectivity index (χ1) is 12.4. The van der Waals surface area contributed by atoms with Gasteiger partial charge in [0.05, 0.1) is 4.90 Å². The van der Waals surface area contributed by atoms with Crippen molar-refractivity contribution in [1.82, 2.24) is 0 Å². The average Bonchev–Trinajstić information content (AvgIpc) is 2.63. The Morgan fingerprint density at radius 3 is 2.15 bits per heavy atom. The summed E-state index contributed by atoms with van der Waals surface area (Å²) in [5, 5.41) is 2.70. The molecule has 0 unspecified atom stereocenters. The highest BCUT2D eigenvalue weighted by Gasteiger charge is 2.10. The van der Waals surface area contributed by atoms with E-state index in [1.807, 2.05) is 30.3 Å². The summed E-state index contributed by atoms with van der Waals surface area (Å²) in [7, 11) is -3.33. The number of rotatable bonds is 5. The summed E-state index contributed by atoms with van der Waals surface area (Å²) in [4.78, 5) is 12.5. The topological polar surface area (TPSA) is 72.5 Å². The van der Waals surface area contributed by atoms with Crippen LogP contribution < -0.4 is 10.1 Å². The molecule has 0 heterocycles. The Morgan fingerprint density at radius 1 is 0.846 bits per heavy atom. The first-order valence-corrected chi connectivity index (χ1v) is 9.75. The van der Waals surface area contributed by atoms with Crippen LogP contribution in [-0.4, -0.2) is 20.6 Å². The molecule has 0 aromatic heterocycles. The number of carbonyl (C=O) groups excluding carboxylic acids is 1. The Balaban J connectivity index is 1.71. The van der Waals surface area contributed by atoms with E-state index in [9.17, 15) is 13.2 Å². The van der Waals surface area contributed by atoms with Crippen molar-refractivity contribution < 1.29 is 17.9 Å². The van der Waals surface area contributed by atoms with Crippen LogP contribution >= 0.6 is 0 Å². The van der Waals surface area contributed by atoms with E-state index in [1.165, 1.54) is 12.1 Å². The van der Waals surface area contributed by atoms with Crippen LogP contribution in [0.15, 0.2) is 83.8 Å². The second-order valence-electron chi connectivity index (χ2n) is 5.69. The van der Waals surface area contributed by atoms with Crippen molar-refractivity contribution in [3.63, 3.8) is 0 Å². The molecule has 0 aliphatic carbocycles. The van der Waals surface area contributed by atoms with Crippen molar-refractivity contribution in [2.45, 2.75) is 4.90 Å². The lowest BCUT2D eigenvalue weighted by Gasteiger charge is -2.08. The Hall–Kier alpha value is -3.12. The monoisotopic (exact) mass is 367 g/mol. The second kappa shape index (κ2) is 7.41. The van der Waals surface area contributed by atoms with Crippen LogP contribution in [0.3, 0.4) is 0 Å². The summed E-state index contributed by atoms with van der Waals surface area (Å²) >= 11 is 0. The van der Waals surface area contributed by atoms with Gasteiger partial charge < -0.3 is 10.1 Å². The number of anilines is 1. The molecule has 1 amide bonds. The maximum Gasteiger partial charge on any atom is 0.255 e. The quantitative estimate of drug-likeness (QED) is 0.736. The summed E-state index contributed by atoms with van der Waals surface area (Å²) in [6, 6.07) is 22.2. The van der Waals surface area contributed by atoms with Crippen molar-refractivity contribution in [1.29, 1.82) is 0 Å². The molecule has 0 bridgehead atoms. The summed E-state index contributed by atoms with van der Waals surface area (Å²) in [5.74, 6) is 0.996. The van der Waals surface area contributed by atoms with E-state index in [0.29, 0.717) is 22.7 Å². The summed E-state index contributed by atoms with van der Waals surface area (Å²) in [6.07, 6.45) is 1.12. The minimum atomic E-state index is -3.33. The fourth-order valence-corrected chi connectivity index (χ4v) is 2.97. The molecule has 5 nitrogen and oxygen atoms in total. The van der Waals surface area contributed by atoms with Crippen LogP contribution in [0, 0.1) is 0 Å². The SMILES string of the molecule is CS(=O)(=O)c1cccc(NC(=O)c2ccc(Oc3ccccc3)cc2)c1. The number of hydrogen-bond acceptors (Lipinski definition) is 4. The zero-order valence-corrected chi connectivity index (χ0v) is 14.9. The summed E-state index contributed by atoms with van der Waals surface area (Å²) in [6.45, 7) is 0. The fraction of sp³-hybridized carbons (Fsp3) is 0.0500. The predicted molar refractivity (Wildman–Crippen MR) is 100 cm³/mol. The largest absolute Gasteiger partial charge is 0.457 e. The Morgan fingerprint density at radius 2 is 1.50 bits per heavy atom. The highest BCUT2D eigenvalue weighted by molar-refractivity contribution is 7.90. The van der Waals surface area contributed by atoms with Gasteiger partial charge in [-0.3, -0.25) is 4.79 Å². The standard InChI is InChI=1S/C20H17NO4S/c1-26(23,24)19-9-5-6-16(14-19)21-20(22)15-10-12-18(13-11-15)25-17-7-3-2-4-8-17/h2-14H,1H3,(H,21,22). The molecule has 6 heteroatoms. The molecule has 3 aromatic rings. The van der Waals surface area contributed by atoms with Crippen LogP contribution in [0.4, 0.5) is 5.69 Å². The van der Waals surface area contributed by atoms with Gasteiger partial charge in [-0.25, -0.2) is 8.42 Å². The zero-order chi connectivity index (χ0) is 18.6. The highest BCUT2D eigenvalue weighted by Crippen LogP contribution is 2.22. The van der Waals surface area contributed by atoms with Crippen molar-refractivity contribution in [2.75, 3.05) is 11.6 Å². The van der Waals surface area contributed by atoms with Crippen LogP contribution in [0.5, 0.6) is 11.5 Å². The number of ether oxygens (including phenoxy) is 1. The molecule has 0 atom stereocenters. The van der Waals surface area contributed by atoms with Gasteiger partial charge in [0.25, 0.3) is 5.91 Å². The van der Waals surface area contributed by atoms with Gasteiger partial charge in [-0.1, -0.05) is 24.3 Å². The second-order valence-corrected chi connectivity index (χ2v) is 7.71. The third-order valence-electron chi connectivity index (χ3n) is 3.62. The van der Waals surface area contributed by atoms with E-state index in [0.717, 1.165) is 6.26 Å². The van der Waals surface area contributed by atoms with E-state index in [2.05, 4.69) is 5.32 Å². The number of carbonyl (C=O) groups is 1. The van der Waals surface area contributed by atoms with Gasteiger partial charge in [-0.2, -0.15) is 0 Å². The molecule has 0 aliphatic rings. The molecule has 1 N–H and O–H groups in total. The van der Waals surface area contributed by atoms with Crippen LogP contribution in [-0.2, 0) is 9.84 Å². The van der Waals surface area contributed by atoms with Gasteiger partial charge in [0.2, 0.25) is 0 Å². The number of hydrogen-bond donors (Lipinski definition) is 1. The normalized spacial score (nSPS) is 11.0. The Bertz CT molecular complexity index is 1010. The van der Waals surface area contributed by atoms with Gasteiger partial charge in [-0.15, -0.1) is 0 Å². The molecule has 0 spiro atoms. The van der Waals surface area contributed by atoms with Gasteiger partial charge in [0, 0.05) is 17.5 Å².